The monoisotopic (exact) mass is 409 g/mol. The summed E-state index contributed by atoms with van der Waals surface area (Å²) in [6, 6.07) is 11.5. The fourth-order valence-corrected chi connectivity index (χ4v) is 2.92. The van der Waals surface area contributed by atoms with E-state index < -0.39 is 18.0 Å². The van der Waals surface area contributed by atoms with Gasteiger partial charge in [-0.2, -0.15) is 0 Å². The van der Waals surface area contributed by atoms with Crippen LogP contribution >= 0.6 is 0 Å². The number of hydrogen-bond acceptors (Lipinski definition) is 4. The number of carbonyl (C=O) groups excluding carboxylic acids is 2. The van der Waals surface area contributed by atoms with E-state index in [2.05, 4.69) is 10.1 Å². The first kappa shape index (κ1) is 20.3. The summed E-state index contributed by atoms with van der Waals surface area (Å²) in [7, 11) is 1.51. The Balaban J connectivity index is 1.58. The molecule has 0 aromatic heterocycles. The van der Waals surface area contributed by atoms with Crippen molar-refractivity contribution in [3.05, 3.63) is 48.5 Å². The minimum absolute atomic E-state index is 0.189. The smallest absolute Gasteiger partial charge is 0.495 e. The molecule has 154 valence electrons. The molecule has 0 aliphatic carbocycles. The van der Waals surface area contributed by atoms with Crippen LogP contribution < -0.4 is 19.7 Å². The number of halogens is 3. The Morgan fingerprint density at radius 2 is 1.79 bits per heavy atom. The summed E-state index contributed by atoms with van der Waals surface area (Å²) in [5, 5.41) is 2.54. The Morgan fingerprint density at radius 3 is 2.45 bits per heavy atom. The lowest BCUT2D eigenvalue weighted by Crippen LogP contribution is -2.37. The quantitative estimate of drug-likeness (QED) is 0.793. The fourth-order valence-electron chi connectivity index (χ4n) is 2.92. The van der Waals surface area contributed by atoms with Gasteiger partial charge in [-0.25, -0.2) is 4.79 Å². The number of amides is 3. The second-order valence-corrected chi connectivity index (χ2v) is 6.15. The zero-order chi connectivity index (χ0) is 21.0. The van der Waals surface area contributed by atoms with Crippen molar-refractivity contribution in [2.75, 3.05) is 37.0 Å². The molecule has 29 heavy (non-hydrogen) atoms. The van der Waals surface area contributed by atoms with Crippen LogP contribution in [0.15, 0.2) is 48.5 Å². The summed E-state index contributed by atoms with van der Waals surface area (Å²) in [5.41, 5.74) is 0.904. The molecule has 0 unspecified atom stereocenters. The van der Waals surface area contributed by atoms with E-state index >= 15 is 0 Å². The van der Waals surface area contributed by atoms with Crippen molar-refractivity contribution in [1.82, 2.24) is 4.90 Å². The van der Waals surface area contributed by atoms with Crippen molar-refractivity contribution in [3.8, 4) is 11.5 Å². The molecule has 2 aromatic carbocycles. The third-order valence-electron chi connectivity index (χ3n) is 4.18. The van der Waals surface area contributed by atoms with Crippen molar-refractivity contribution < 1.29 is 32.2 Å². The molecule has 0 radical (unpaired) electrons. The van der Waals surface area contributed by atoms with E-state index in [1.807, 2.05) is 0 Å². The summed E-state index contributed by atoms with van der Waals surface area (Å²) in [6.07, 6.45) is -4.78. The molecule has 0 atom stereocenters. The van der Waals surface area contributed by atoms with Gasteiger partial charge in [0, 0.05) is 18.8 Å². The Hall–Kier alpha value is -3.43. The van der Waals surface area contributed by atoms with Crippen molar-refractivity contribution in [1.29, 1.82) is 0 Å². The maximum atomic E-state index is 12.6. The van der Waals surface area contributed by atoms with E-state index in [-0.39, 0.29) is 18.3 Å². The topological polar surface area (TPSA) is 71.1 Å². The zero-order valence-corrected chi connectivity index (χ0v) is 15.4. The standard InChI is InChI=1S/C19H18F3N3O4/c1-28-16-5-3-2-4-15(16)25-11-10-24(18(25)27)12-17(26)23-13-6-8-14(9-7-13)29-19(20,21)22/h2-9H,10-12H2,1H3,(H,23,26). The Bertz CT molecular complexity index is 887. The number of urea groups is 1. The number of anilines is 2. The highest BCUT2D eigenvalue weighted by Crippen LogP contribution is 2.30. The molecule has 1 fully saturated rings. The van der Waals surface area contributed by atoms with Gasteiger partial charge in [-0.15, -0.1) is 13.2 Å². The summed E-state index contributed by atoms with van der Waals surface area (Å²) in [5.74, 6) is -0.310. The first-order chi connectivity index (χ1) is 13.8. The van der Waals surface area contributed by atoms with E-state index in [0.29, 0.717) is 24.5 Å². The Labute approximate surface area is 164 Å². The average molecular weight is 409 g/mol. The van der Waals surface area contributed by atoms with Gasteiger partial charge in [-0.3, -0.25) is 9.69 Å². The van der Waals surface area contributed by atoms with Crippen molar-refractivity contribution in [2.24, 2.45) is 0 Å². The van der Waals surface area contributed by atoms with Crippen LogP contribution in [0.5, 0.6) is 11.5 Å². The molecule has 1 aliphatic heterocycles. The van der Waals surface area contributed by atoms with Gasteiger partial charge in [0.1, 0.15) is 18.0 Å². The second kappa shape index (κ2) is 8.29. The van der Waals surface area contributed by atoms with Crippen LogP contribution in [0.3, 0.4) is 0 Å². The first-order valence-corrected chi connectivity index (χ1v) is 8.62. The molecule has 1 N–H and O–H groups in total. The number of rotatable bonds is 6. The maximum Gasteiger partial charge on any atom is 0.573 e. The highest BCUT2D eigenvalue weighted by molar-refractivity contribution is 6.00. The minimum atomic E-state index is -4.78. The largest absolute Gasteiger partial charge is 0.573 e. The van der Waals surface area contributed by atoms with Gasteiger partial charge in [0.25, 0.3) is 0 Å². The van der Waals surface area contributed by atoms with Crippen molar-refractivity contribution in [2.45, 2.75) is 6.36 Å². The van der Waals surface area contributed by atoms with Gasteiger partial charge in [-0.1, -0.05) is 12.1 Å². The van der Waals surface area contributed by atoms with Gasteiger partial charge in [0.15, 0.2) is 0 Å². The first-order valence-electron chi connectivity index (χ1n) is 8.62. The predicted molar refractivity (Wildman–Crippen MR) is 99.1 cm³/mol. The molecule has 2 aromatic rings. The number of hydrogen-bond donors (Lipinski definition) is 1. The SMILES string of the molecule is COc1ccccc1N1CCN(CC(=O)Nc2ccc(OC(F)(F)F)cc2)C1=O. The van der Waals surface area contributed by atoms with E-state index in [9.17, 15) is 22.8 Å². The van der Waals surface area contributed by atoms with Crippen LogP contribution in [0.4, 0.5) is 29.3 Å². The number of methoxy groups -OCH3 is 1. The molecule has 0 spiro atoms. The van der Waals surface area contributed by atoms with Crippen molar-refractivity contribution in [3.63, 3.8) is 0 Å². The van der Waals surface area contributed by atoms with E-state index in [1.54, 1.807) is 24.3 Å². The van der Waals surface area contributed by atoms with E-state index in [1.165, 1.54) is 29.0 Å². The summed E-state index contributed by atoms with van der Waals surface area (Å²) in [6.45, 7) is 0.559. The molecule has 7 nitrogen and oxygen atoms in total. The number of carbonyl (C=O) groups is 2. The summed E-state index contributed by atoms with van der Waals surface area (Å²) in [4.78, 5) is 27.8. The highest BCUT2D eigenvalue weighted by atomic mass is 19.4. The van der Waals surface area contributed by atoms with Crippen LogP contribution in [-0.4, -0.2) is 49.9 Å². The fraction of sp³-hybridized carbons (Fsp3) is 0.263. The molecule has 0 bridgehead atoms. The lowest BCUT2D eigenvalue weighted by atomic mass is 10.2. The number of para-hydroxylation sites is 2. The Morgan fingerprint density at radius 1 is 1.10 bits per heavy atom. The molecule has 3 rings (SSSR count). The number of nitrogens with zero attached hydrogens (tertiary/aromatic N) is 2. The number of nitrogens with one attached hydrogen (secondary N) is 1. The second-order valence-electron chi connectivity index (χ2n) is 6.15. The lowest BCUT2D eigenvalue weighted by Gasteiger charge is -2.20. The van der Waals surface area contributed by atoms with E-state index in [0.717, 1.165) is 12.1 Å². The zero-order valence-electron chi connectivity index (χ0n) is 15.4. The van der Waals surface area contributed by atoms with Crippen molar-refractivity contribution >= 4 is 23.3 Å². The number of benzene rings is 2. The molecule has 1 heterocycles. The third kappa shape index (κ3) is 5.09. The molecular formula is C19H18F3N3O4. The summed E-state index contributed by atoms with van der Waals surface area (Å²) < 4.78 is 45.6. The average Bonchev–Trinajstić information content (AvgIpc) is 3.02. The van der Waals surface area contributed by atoms with Crippen LogP contribution in [0.2, 0.25) is 0 Å². The molecule has 0 saturated carbocycles. The van der Waals surface area contributed by atoms with E-state index in [4.69, 9.17) is 4.74 Å². The Kier molecular flexibility index (Phi) is 5.81. The molecular weight excluding hydrogens is 391 g/mol. The van der Waals surface area contributed by atoms with Gasteiger partial charge in [0.2, 0.25) is 5.91 Å². The van der Waals surface area contributed by atoms with Gasteiger partial charge in [-0.05, 0) is 36.4 Å². The van der Waals surface area contributed by atoms with Gasteiger partial charge in [0.05, 0.1) is 12.8 Å². The normalized spacial score (nSPS) is 14.1. The minimum Gasteiger partial charge on any atom is -0.495 e. The molecule has 3 amide bonds. The summed E-state index contributed by atoms with van der Waals surface area (Å²) >= 11 is 0. The lowest BCUT2D eigenvalue weighted by molar-refractivity contribution is -0.274. The number of ether oxygens (including phenoxy) is 2. The van der Waals surface area contributed by atoms with Gasteiger partial charge >= 0.3 is 12.4 Å². The maximum absolute atomic E-state index is 12.6. The molecule has 1 saturated heterocycles. The van der Waals surface area contributed by atoms with Crippen LogP contribution in [0, 0.1) is 0 Å². The molecule has 1 aliphatic rings. The number of alkyl halides is 3. The predicted octanol–water partition coefficient (Wildman–Crippen LogP) is 3.47. The van der Waals surface area contributed by atoms with Crippen LogP contribution in [0.25, 0.3) is 0 Å². The third-order valence-corrected chi connectivity index (χ3v) is 4.18. The van der Waals surface area contributed by atoms with Gasteiger partial charge < -0.3 is 19.7 Å². The highest BCUT2D eigenvalue weighted by Gasteiger charge is 2.32. The van der Waals surface area contributed by atoms with Crippen LogP contribution in [-0.2, 0) is 4.79 Å². The van der Waals surface area contributed by atoms with Crippen LogP contribution in [0.1, 0.15) is 0 Å². The molecule has 10 heteroatoms.